The normalized spacial score (nSPS) is 10.6. The summed E-state index contributed by atoms with van der Waals surface area (Å²) in [6.45, 7) is 3.61. The second-order valence-corrected chi connectivity index (χ2v) is 5.44. The van der Waals surface area contributed by atoms with Gasteiger partial charge in [0, 0.05) is 28.9 Å². The molecule has 2 rings (SSSR count). The minimum Gasteiger partial charge on any atom is -0.341 e. The van der Waals surface area contributed by atoms with E-state index in [0.29, 0.717) is 0 Å². The van der Waals surface area contributed by atoms with Crippen molar-refractivity contribution in [2.75, 3.05) is 18.5 Å². The van der Waals surface area contributed by atoms with Crippen LogP contribution in [-0.4, -0.2) is 13.6 Å². The van der Waals surface area contributed by atoms with Crippen LogP contribution in [0, 0.1) is 5.82 Å². The van der Waals surface area contributed by atoms with Crippen LogP contribution in [0.1, 0.15) is 12.5 Å². The largest absolute Gasteiger partial charge is 0.341 e. The molecule has 0 aliphatic carbocycles. The summed E-state index contributed by atoms with van der Waals surface area (Å²) in [6.07, 6.45) is 0. The van der Waals surface area contributed by atoms with Crippen molar-refractivity contribution in [3.8, 4) is 0 Å². The minimum absolute atomic E-state index is 0.215. The zero-order valence-electron chi connectivity index (χ0n) is 11.7. The van der Waals surface area contributed by atoms with Gasteiger partial charge in [0.05, 0.1) is 0 Å². The molecule has 20 heavy (non-hydrogen) atoms. The van der Waals surface area contributed by atoms with Gasteiger partial charge in [0.15, 0.2) is 0 Å². The molecular formula is C16H18BrFN2. The Kier molecular flexibility index (Phi) is 5.15. The van der Waals surface area contributed by atoms with Crippen molar-refractivity contribution in [1.29, 1.82) is 0 Å². The van der Waals surface area contributed by atoms with E-state index in [2.05, 4.69) is 45.2 Å². The maximum Gasteiger partial charge on any atom is 0.125 e. The quantitative estimate of drug-likeness (QED) is 0.866. The van der Waals surface area contributed by atoms with Gasteiger partial charge >= 0.3 is 0 Å². The maximum atomic E-state index is 13.4. The van der Waals surface area contributed by atoms with Crippen molar-refractivity contribution in [3.63, 3.8) is 0 Å². The highest BCUT2D eigenvalue weighted by Gasteiger charge is 2.12. The Labute approximate surface area is 127 Å². The van der Waals surface area contributed by atoms with E-state index < -0.39 is 0 Å². The van der Waals surface area contributed by atoms with Crippen molar-refractivity contribution in [1.82, 2.24) is 5.32 Å². The molecule has 2 aromatic rings. The fourth-order valence-corrected chi connectivity index (χ4v) is 2.69. The third kappa shape index (κ3) is 3.38. The topological polar surface area (TPSA) is 15.3 Å². The van der Waals surface area contributed by atoms with Crippen LogP contribution in [0.5, 0.6) is 0 Å². The van der Waals surface area contributed by atoms with Crippen molar-refractivity contribution in [2.24, 2.45) is 0 Å². The first-order chi connectivity index (χ1) is 9.65. The molecule has 0 radical (unpaired) electrons. The number of nitrogens with zero attached hydrogens (tertiary/aromatic N) is 1. The molecule has 0 saturated heterocycles. The number of benzene rings is 2. The Morgan fingerprint density at radius 2 is 2.00 bits per heavy atom. The summed E-state index contributed by atoms with van der Waals surface area (Å²) in [5, 5.41) is 3.17. The highest BCUT2D eigenvalue weighted by atomic mass is 79.9. The highest BCUT2D eigenvalue weighted by molar-refractivity contribution is 9.10. The molecule has 0 aliphatic rings. The van der Waals surface area contributed by atoms with Gasteiger partial charge in [0.25, 0.3) is 0 Å². The predicted molar refractivity (Wildman–Crippen MR) is 86.0 cm³/mol. The zero-order valence-corrected chi connectivity index (χ0v) is 13.2. The average molecular weight is 337 g/mol. The summed E-state index contributed by atoms with van der Waals surface area (Å²) in [5.41, 5.74) is 3.14. The van der Waals surface area contributed by atoms with Crippen LogP contribution in [0.4, 0.5) is 15.8 Å². The highest BCUT2D eigenvalue weighted by Crippen LogP contribution is 2.30. The molecule has 0 heterocycles. The molecule has 1 N–H and O–H groups in total. The van der Waals surface area contributed by atoms with E-state index in [1.165, 1.54) is 11.6 Å². The van der Waals surface area contributed by atoms with E-state index in [9.17, 15) is 4.39 Å². The molecule has 0 bridgehead atoms. The molecule has 0 aromatic heterocycles. The first-order valence-electron chi connectivity index (χ1n) is 6.62. The van der Waals surface area contributed by atoms with Crippen LogP contribution >= 0.6 is 15.9 Å². The molecule has 0 atom stereocenters. The third-order valence-corrected chi connectivity index (χ3v) is 3.63. The Balaban J connectivity index is 2.46. The molecule has 4 heteroatoms. The number of anilines is 2. The van der Waals surface area contributed by atoms with E-state index in [4.69, 9.17) is 0 Å². The van der Waals surface area contributed by atoms with Crippen LogP contribution in [0.2, 0.25) is 0 Å². The van der Waals surface area contributed by atoms with Gasteiger partial charge in [-0.3, -0.25) is 0 Å². The van der Waals surface area contributed by atoms with Gasteiger partial charge in [0.2, 0.25) is 0 Å². The van der Waals surface area contributed by atoms with Crippen LogP contribution in [0.3, 0.4) is 0 Å². The molecule has 0 aliphatic heterocycles. The number of hydrogen-bond donors (Lipinski definition) is 1. The van der Waals surface area contributed by atoms with Crippen LogP contribution in [0.25, 0.3) is 0 Å². The van der Waals surface area contributed by atoms with Gasteiger partial charge < -0.3 is 10.2 Å². The van der Waals surface area contributed by atoms with Gasteiger partial charge in [0.1, 0.15) is 5.82 Å². The standard InChI is InChI=1S/C16H18BrFN2/c1-3-20(15-6-4-5-14(18)10-15)16-8-7-13(17)9-12(16)11-19-2/h4-10,19H,3,11H2,1-2H3. The molecule has 0 fully saturated rings. The Hall–Kier alpha value is -1.39. The van der Waals surface area contributed by atoms with Gasteiger partial charge in [-0.1, -0.05) is 22.0 Å². The first-order valence-corrected chi connectivity index (χ1v) is 7.41. The number of nitrogens with one attached hydrogen (secondary N) is 1. The van der Waals surface area contributed by atoms with Crippen LogP contribution in [0.15, 0.2) is 46.9 Å². The summed E-state index contributed by atoms with van der Waals surface area (Å²) in [7, 11) is 1.92. The minimum atomic E-state index is -0.215. The van der Waals surface area contributed by atoms with Crippen molar-refractivity contribution in [3.05, 3.63) is 58.3 Å². The van der Waals surface area contributed by atoms with E-state index >= 15 is 0 Å². The van der Waals surface area contributed by atoms with Crippen LogP contribution < -0.4 is 10.2 Å². The summed E-state index contributed by atoms with van der Waals surface area (Å²) in [4.78, 5) is 2.11. The molecule has 106 valence electrons. The van der Waals surface area contributed by atoms with Gasteiger partial charge in [-0.05, 0) is 55.9 Å². The van der Waals surface area contributed by atoms with Gasteiger partial charge in [-0.15, -0.1) is 0 Å². The van der Waals surface area contributed by atoms with E-state index in [1.807, 2.05) is 19.2 Å². The lowest BCUT2D eigenvalue weighted by Gasteiger charge is -2.26. The van der Waals surface area contributed by atoms with Gasteiger partial charge in [-0.25, -0.2) is 4.39 Å². The van der Waals surface area contributed by atoms with E-state index in [0.717, 1.165) is 28.9 Å². The summed E-state index contributed by atoms with van der Waals surface area (Å²) in [6, 6.07) is 12.9. The van der Waals surface area contributed by atoms with Crippen LogP contribution in [-0.2, 0) is 6.54 Å². The van der Waals surface area contributed by atoms with E-state index in [-0.39, 0.29) is 5.82 Å². The SMILES string of the molecule is CCN(c1cccc(F)c1)c1ccc(Br)cc1CNC. The lowest BCUT2D eigenvalue weighted by atomic mass is 10.1. The Morgan fingerprint density at radius 1 is 1.20 bits per heavy atom. The molecular weight excluding hydrogens is 319 g/mol. The van der Waals surface area contributed by atoms with Crippen molar-refractivity contribution < 1.29 is 4.39 Å². The Bertz CT molecular complexity index is 586. The molecule has 0 unspecified atom stereocenters. The van der Waals surface area contributed by atoms with Crippen molar-refractivity contribution >= 4 is 27.3 Å². The fourth-order valence-electron chi connectivity index (χ4n) is 2.29. The first kappa shape index (κ1) is 15.0. The second-order valence-electron chi connectivity index (χ2n) is 4.53. The number of halogens is 2. The number of rotatable bonds is 5. The Morgan fingerprint density at radius 3 is 2.65 bits per heavy atom. The maximum absolute atomic E-state index is 13.4. The lowest BCUT2D eigenvalue weighted by molar-refractivity contribution is 0.627. The monoisotopic (exact) mass is 336 g/mol. The van der Waals surface area contributed by atoms with Gasteiger partial charge in [-0.2, -0.15) is 0 Å². The molecule has 0 amide bonds. The molecule has 2 nitrogen and oxygen atoms in total. The fraction of sp³-hybridized carbons (Fsp3) is 0.250. The third-order valence-electron chi connectivity index (χ3n) is 3.14. The number of hydrogen-bond acceptors (Lipinski definition) is 2. The summed E-state index contributed by atoms with van der Waals surface area (Å²) in [5.74, 6) is -0.215. The molecule has 0 spiro atoms. The smallest absolute Gasteiger partial charge is 0.125 e. The molecule has 2 aromatic carbocycles. The zero-order chi connectivity index (χ0) is 14.5. The summed E-state index contributed by atoms with van der Waals surface area (Å²) < 4.78 is 14.5. The predicted octanol–water partition coefficient (Wildman–Crippen LogP) is 4.47. The lowest BCUT2D eigenvalue weighted by Crippen LogP contribution is -2.19. The van der Waals surface area contributed by atoms with Crippen molar-refractivity contribution in [2.45, 2.75) is 13.5 Å². The second kappa shape index (κ2) is 6.86. The molecule has 0 saturated carbocycles. The van der Waals surface area contributed by atoms with E-state index in [1.54, 1.807) is 12.1 Å². The average Bonchev–Trinajstić information content (AvgIpc) is 2.42. The summed E-state index contributed by atoms with van der Waals surface area (Å²) >= 11 is 3.50.